The molecule has 3 atom stereocenters. The molecule has 140 valence electrons. The van der Waals surface area contributed by atoms with Crippen LogP contribution in [-0.2, 0) is 14.6 Å². The van der Waals surface area contributed by atoms with E-state index in [0.717, 1.165) is 19.6 Å². The summed E-state index contributed by atoms with van der Waals surface area (Å²) in [7, 11) is -1.18. The van der Waals surface area contributed by atoms with Crippen molar-refractivity contribution < 1.29 is 13.2 Å². The van der Waals surface area contributed by atoms with E-state index >= 15 is 0 Å². The summed E-state index contributed by atoms with van der Waals surface area (Å²) in [5, 5.41) is 6.58. The Morgan fingerprint density at radius 2 is 1.92 bits per heavy atom. The molecule has 0 radical (unpaired) electrons. The Hall–Kier alpha value is -0.860. The first-order valence-electron chi connectivity index (χ1n) is 8.69. The van der Waals surface area contributed by atoms with Gasteiger partial charge in [-0.1, -0.05) is 0 Å². The highest BCUT2D eigenvalue weighted by Gasteiger charge is 2.34. The summed E-state index contributed by atoms with van der Waals surface area (Å²) < 4.78 is 29.0. The van der Waals surface area contributed by atoms with E-state index in [2.05, 4.69) is 48.2 Å². The van der Waals surface area contributed by atoms with Crippen LogP contribution in [0.25, 0.3) is 0 Å². The first-order valence-corrected chi connectivity index (χ1v) is 10.5. The van der Waals surface area contributed by atoms with Crippen LogP contribution in [-0.4, -0.2) is 81.3 Å². The Kier molecular flexibility index (Phi) is 6.14. The molecule has 0 bridgehead atoms. The SMILES string of the molecule is CN=C(NCC(C)(C)N1CC(C)OC(C)C1)NC1CCS(=O)(=O)C1. The van der Waals surface area contributed by atoms with Crippen molar-refractivity contribution in [2.45, 2.75) is 57.9 Å². The van der Waals surface area contributed by atoms with E-state index in [1.54, 1.807) is 7.05 Å². The van der Waals surface area contributed by atoms with Gasteiger partial charge in [-0.3, -0.25) is 9.89 Å². The maximum absolute atomic E-state index is 11.6. The van der Waals surface area contributed by atoms with E-state index in [4.69, 9.17) is 4.74 Å². The van der Waals surface area contributed by atoms with Crippen LogP contribution in [0, 0.1) is 0 Å². The monoisotopic (exact) mass is 360 g/mol. The van der Waals surface area contributed by atoms with E-state index in [1.165, 1.54) is 0 Å². The molecular weight excluding hydrogens is 328 g/mol. The molecule has 8 heteroatoms. The highest BCUT2D eigenvalue weighted by atomic mass is 32.2. The molecular formula is C16H32N4O3S. The summed E-state index contributed by atoms with van der Waals surface area (Å²) in [5.74, 6) is 1.12. The second-order valence-corrected chi connectivity index (χ2v) is 9.87. The number of guanidine groups is 1. The number of rotatable bonds is 4. The Bertz CT molecular complexity index is 552. The topological polar surface area (TPSA) is 83.0 Å². The third-order valence-electron chi connectivity index (χ3n) is 4.76. The lowest BCUT2D eigenvalue weighted by Crippen LogP contribution is -2.59. The number of aliphatic imine (C=N–C) groups is 1. The lowest BCUT2D eigenvalue weighted by Gasteiger charge is -2.45. The van der Waals surface area contributed by atoms with Crippen LogP contribution < -0.4 is 10.6 Å². The Balaban J connectivity index is 1.87. The third kappa shape index (κ3) is 5.32. The molecule has 0 spiro atoms. The van der Waals surface area contributed by atoms with E-state index in [1.807, 2.05) is 0 Å². The van der Waals surface area contributed by atoms with Crippen molar-refractivity contribution in [1.82, 2.24) is 15.5 Å². The van der Waals surface area contributed by atoms with Crippen molar-refractivity contribution in [2.75, 3.05) is 38.2 Å². The average molecular weight is 361 g/mol. The molecule has 2 heterocycles. The van der Waals surface area contributed by atoms with Gasteiger partial charge >= 0.3 is 0 Å². The summed E-state index contributed by atoms with van der Waals surface area (Å²) in [6, 6.07) is -0.0484. The van der Waals surface area contributed by atoms with Crippen molar-refractivity contribution in [3.05, 3.63) is 0 Å². The molecule has 0 aromatic rings. The van der Waals surface area contributed by atoms with Gasteiger partial charge in [-0.15, -0.1) is 0 Å². The zero-order valence-electron chi connectivity index (χ0n) is 15.5. The second-order valence-electron chi connectivity index (χ2n) is 7.64. The quantitative estimate of drug-likeness (QED) is 0.551. The Morgan fingerprint density at radius 3 is 2.42 bits per heavy atom. The van der Waals surface area contributed by atoms with Gasteiger partial charge in [0, 0.05) is 38.3 Å². The molecule has 2 N–H and O–H groups in total. The van der Waals surface area contributed by atoms with Crippen LogP contribution in [0.2, 0.25) is 0 Å². The molecule has 2 rings (SSSR count). The van der Waals surface area contributed by atoms with Gasteiger partial charge < -0.3 is 15.4 Å². The average Bonchev–Trinajstić information content (AvgIpc) is 2.81. The zero-order chi connectivity index (χ0) is 18.0. The zero-order valence-corrected chi connectivity index (χ0v) is 16.3. The van der Waals surface area contributed by atoms with Gasteiger partial charge in [-0.05, 0) is 34.1 Å². The molecule has 0 saturated carbocycles. The number of nitrogens with one attached hydrogen (secondary N) is 2. The molecule has 2 aliphatic heterocycles. The molecule has 2 fully saturated rings. The van der Waals surface area contributed by atoms with Crippen molar-refractivity contribution >= 4 is 15.8 Å². The van der Waals surface area contributed by atoms with Gasteiger partial charge in [0.05, 0.1) is 23.7 Å². The normalized spacial score (nSPS) is 31.9. The Labute approximate surface area is 146 Å². The molecule has 0 aromatic carbocycles. The van der Waals surface area contributed by atoms with Gasteiger partial charge in [0.2, 0.25) is 0 Å². The van der Waals surface area contributed by atoms with Gasteiger partial charge in [-0.25, -0.2) is 8.42 Å². The first kappa shape index (κ1) is 19.5. The summed E-state index contributed by atoms with van der Waals surface area (Å²) in [6.45, 7) is 11.2. The van der Waals surface area contributed by atoms with Crippen molar-refractivity contribution in [3.8, 4) is 0 Å². The molecule has 24 heavy (non-hydrogen) atoms. The first-order chi connectivity index (χ1) is 11.1. The predicted molar refractivity (Wildman–Crippen MR) is 97.2 cm³/mol. The number of nitrogens with zero attached hydrogens (tertiary/aromatic N) is 2. The van der Waals surface area contributed by atoms with Crippen molar-refractivity contribution in [1.29, 1.82) is 0 Å². The van der Waals surface area contributed by atoms with Gasteiger partial charge in [-0.2, -0.15) is 0 Å². The number of hydrogen-bond acceptors (Lipinski definition) is 5. The number of sulfone groups is 1. The number of ether oxygens (including phenoxy) is 1. The van der Waals surface area contributed by atoms with E-state index < -0.39 is 9.84 Å². The molecule has 2 aliphatic rings. The smallest absolute Gasteiger partial charge is 0.191 e. The third-order valence-corrected chi connectivity index (χ3v) is 6.53. The van der Waals surface area contributed by atoms with Crippen LogP contribution >= 0.6 is 0 Å². The number of hydrogen-bond donors (Lipinski definition) is 2. The number of morpholine rings is 1. The predicted octanol–water partition coefficient (Wildman–Crippen LogP) is 0.226. The van der Waals surface area contributed by atoms with E-state index in [9.17, 15) is 8.42 Å². The fourth-order valence-electron chi connectivity index (χ4n) is 3.38. The van der Waals surface area contributed by atoms with Crippen LogP contribution in [0.1, 0.15) is 34.1 Å². The second kappa shape index (κ2) is 7.58. The van der Waals surface area contributed by atoms with E-state index in [-0.39, 0.29) is 35.3 Å². The van der Waals surface area contributed by atoms with Crippen LogP contribution in [0.5, 0.6) is 0 Å². The summed E-state index contributed by atoms with van der Waals surface area (Å²) in [5.41, 5.74) is -0.0499. The van der Waals surface area contributed by atoms with Crippen molar-refractivity contribution in [3.63, 3.8) is 0 Å². The minimum atomic E-state index is -2.89. The van der Waals surface area contributed by atoms with Crippen LogP contribution in [0.15, 0.2) is 4.99 Å². The van der Waals surface area contributed by atoms with Gasteiger partial charge in [0.25, 0.3) is 0 Å². The maximum atomic E-state index is 11.6. The highest BCUT2D eigenvalue weighted by Crippen LogP contribution is 2.20. The molecule has 2 saturated heterocycles. The largest absolute Gasteiger partial charge is 0.373 e. The van der Waals surface area contributed by atoms with Gasteiger partial charge in [0.1, 0.15) is 0 Å². The van der Waals surface area contributed by atoms with Crippen LogP contribution in [0.4, 0.5) is 0 Å². The molecule has 7 nitrogen and oxygen atoms in total. The maximum Gasteiger partial charge on any atom is 0.191 e. The molecule has 3 unspecified atom stereocenters. The fourth-order valence-corrected chi connectivity index (χ4v) is 5.05. The molecule has 0 aliphatic carbocycles. The van der Waals surface area contributed by atoms with Gasteiger partial charge in [0.15, 0.2) is 15.8 Å². The standard InChI is InChI=1S/C16H32N4O3S/c1-12-8-20(9-13(2)23-12)16(3,4)11-18-15(17-5)19-14-6-7-24(21,22)10-14/h12-14H,6-11H2,1-5H3,(H2,17,18,19). The summed E-state index contributed by atoms with van der Waals surface area (Å²) in [6.07, 6.45) is 1.11. The highest BCUT2D eigenvalue weighted by molar-refractivity contribution is 7.91. The summed E-state index contributed by atoms with van der Waals surface area (Å²) in [4.78, 5) is 6.67. The lowest BCUT2D eigenvalue weighted by molar-refractivity contribution is -0.0946. The molecule has 0 amide bonds. The minimum absolute atomic E-state index is 0.0484. The Morgan fingerprint density at radius 1 is 1.29 bits per heavy atom. The van der Waals surface area contributed by atoms with Crippen molar-refractivity contribution in [2.24, 2.45) is 4.99 Å². The minimum Gasteiger partial charge on any atom is -0.373 e. The molecule has 0 aromatic heterocycles. The summed E-state index contributed by atoms with van der Waals surface area (Å²) >= 11 is 0. The van der Waals surface area contributed by atoms with E-state index in [0.29, 0.717) is 12.4 Å². The fraction of sp³-hybridized carbons (Fsp3) is 0.938. The van der Waals surface area contributed by atoms with Crippen LogP contribution in [0.3, 0.4) is 0 Å². The lowest BCUT2D eigenvalue weighted by atomic mass is 10.00.